The topological polar surface area (TPSA) is 84.3 Å². The highest BCUT2D eigenvalue weighted by Crippen LogP contribution is 2.24. The summed E-state index contributed by atoms with van der Waals surface area (Å²) >= 11 is 0. The molecule has 2 rings (SSSR count). The summed E-state index contributed by atoms with van der Waals surface area (Å²) in [5.41, 5.74) is 2.17. The third kappa shape index (κ3) is 2.52. The van der Waals surface area contributed by atoms with Crippen LogP contribution in [0, 0.1) is 0 Å². The van der Waals surface area contributed by atoms with Crippen LogP contribution in [0.15, 0.2) is 6.33 Å². The highest BCUT2D eigenvalue weighted by atomic mass is 16.5. The van der Waals surface area contributed by atoms with Crippen molar-refractivity contribution in [3.05, 3.63) is 17.6 Å². The van der Waals surface area contributed by atoms with E-state index in [9.17, 15) is 4.79 Å². The van der Waals surface area contributed by atoms with Crippen LogP contribution in [0.3, 0.4) is 0 Å². The second-order valence-corrected chi connectivity index (χ2v) is 3.94. The van der Waals surface area contributed by atoms with Crippen molar-refractivity contribution >= 4 is 11.8 Å². The molecular formula is C11H15N3O3. The number of carboxylic acids is 1. The van der Waals surface area contributed by atoms with Crippen LogP contribution in [0.1, 0.15) is 17.7 Å². The molecule has 1 aliphatic rings. The van der Waals surface area contributed by atoms with Gasteiger partial charge in [-0.05, 0) is 19.3 Å². The minimum Gasteiger partial charge on any atom is -0.479 e. The summed E-state index contributed by atoms with van der Waals surface area (Å²) in [6.07, 6.45) is 3.65. The third-order valence-electron chi connectivity index (χ3n) is 2.89. The number of nitrogens with zero attached hydrogens (tertiary/aromatic N) is 2. The highest BCUT2D eigenvalue weighted by Gasteiger charge is 2.20. The number of aliphatic carboxylic acids is 1. The van der Waals surface area contributed by atoms with Gasteiger partial charge in [0.15, 0.2) is 6.10 Å². The van der Waals surface area contributed by atoms with E-state index in [1.807, 2.05) is 0 Å². The Morgan fingerprint density at radius 2 is 2.41 bits per heavy atom. The van der Waals surface area contributed by atoms with Gasteiger partial charge in [0.2, 0.25) is 0 Å². The maximum absolute atomic E-state index is 10.8. The number of fused-ring (bicyclic) bond motifs is 1. The van der Waals surface area contributed by atoms with E-state index in [0.717, 1.165) is 36.3 Å². The number of rotatable bonds is 5. The fourth-order valence-corrected chi connectivity index (χ4v) is 1.97. The van der Waals surface area contributed by atoms with Crippen molar-refractivity contribution in [2.75, 3.05) is 19.0 Å². The Balaban J connectivity index is 2.04. The lowest BCUT2D eigenvalue weighted by molar-refractivity contribution is -0.147. The van der Waals surface area contributed by atoms with Crippen LogP contribution in [0.5, 0.6) is 0 Å². The van der Waals surface area contributed by atoms with Gasteiger partial charge in [-0.3, -0.25) is 0 Å². The average Bonchev–Trinajstić information content (AvgIpc) is 2.78. The van der Waals surface area contributed by atoms with E-state index < -0.39 is 12.1 Å². The number of anilines is 1. The van der Waals surface area contributed by atoms with Crippen molar-refractivity contribution in [2.24, 2.45) is 0 Å². The van der Waals surface area contributed by atoms with E-state index in [1.54, 1.807) is 0 Å². The van der Waals surface area contributed by atoms with Crippen molar-refractivity contribution in [2.45, 2.75) is 25.4 Å². The predicted molar refractivity (Wildman–Crippen MR) is 61.0 cm³/mol. The van der Waals surface area contributed by atoms with Gasteiger partial charge in [0.05, 0.1) is 6.54 Å². The zero-order valence-electron chi connectivity index (χ0n) is 9.64. The fourth-order valence-electron chi connectivity index (χ4n) is 1.97. The van der Waals surface area contributed by atoms with Crippen LogP contribution in [0.2, 0.25) is 0 Å². The summed E-state index contributed by atoms with van der Waals surface area (Å²) in [4.78, 5) is 19.1. The van der Waals surface area contributed by atoms with Gasteiger partial charge in [-0.2, -0.15) is 0 Å². The molecule has 92 valence electrons. The molecule has 17 heavy (non-hydrogen) atoms. The van der Waals surface area contributed by atoms with Gasteiger partial charge in [-0.25, -0.2) is 14.8 Å². The van der Waals surface area contributed by atoms with Gasteiger partial charge in [0.25, 0.3) is 0 Å². The molecule has 0 amide bonds. The molecule has 0 saturated carbocycles. The second-order valence-electron chi connectivity index (χ2n) is 3.94. The molecule has 1 aliphatic carbocycles. The normalized spacial score (nSPS) is 15.4. The maximum atomic E-state index is 10.8. The molecule has 6 nitrogen and oxygen atoms in total. The summed E-state index contributed by atoms with van der Waals surface area (Å²) < 4.78 is 4.85. The quantitative estimate of drug-likeness (QED) is 0.774. The summed E-state index contributed by atoms with van der Waals surface area (Å²) in [7, 11) is 1.38. The van der Waals surface area contributed by atoms with Gasteiger partial charge in [0.1, 0.15) is 12.1 Å². The summed E-state index contributed by atoms with van der Waals surface area (Å²) in [5.74, 6) is -0.249. The van der Waals surface area contributed by atoms with Gasteiger partial charge >= 0.3 is 5.97 Å². The van der Waals surface area contributed by atoms with E-state index in [0.29, 0.717) is 0 Å². The largest absolute Gasteiger partial charge is 0.479 e. The van der Waals surface area contributed by atoms with Crippen LogP contribution < -0.4 is 5.32 Å². The Morgan fingerprint density at radius 3 is 3.12 bits per heavy atom. The van der Waals surface area contributed by atoms with E-state index in [-0.39, 0.29) is 6.54 Å². The zero-order valence-corrected chi connectivity index (χ0v) is 9.64. The van der Waals surface area contributed by atoms with E-state index in [4.69, 9.17) is 9.84 Å². The highest BCUT2D eigenvalue weighted by molar-refractivity contribution is 5.73. The number of aromatic nitrogens is 2. The van der Waals surface area contributed by atoms with E-state index in [1.165, 1.54) is 13.4 Å². The second kappa shape index (κ2) is 5.09. The summed E-state index contributed by atoms with van der Waals surface area (Å²) in [6.45, 7) is 0.204. The number of aryl methyl sites for hydroxylation is 1. The lowest BCUT2D eigenvalue weighted by Gasteiger charge is -2.13. The number of methoxy groups -OCH3 is 1. The van der Waals surface area contributed by atoms with Gasteiger partial charge in [-0.1, -0.05) is 0 Å². The number of ether oxygens (including phenoxy) is 1. The lowest BCUT2D eigenvalue weighted by Crippen LogP contribution is -2.30. The molecule has 2 N–H and O–H groups in total. The predicted octanol–water partition coefficient (Wildman–Crippen LogP) is 0.477. The first kappa shape index (κ1) is 11.8. The number of hydrogen-bond donors (Lipinski definition) is 2. The molecule has 0 aromatic carbocycles. The Morgan fingerprint density at radius 1 is 1.59 bits per heavy atom. The summed E-state index contributed by atoms with van der Waals surface area (Å²) in [6, 6.07) is 0. The maximum Gasteiger partial charge on any atom is 0.334 e. The minimum atomic E-state index is -0.981. The van der Waals surface area contributed by atoms with Crippen molar-refractivity contribution in [3.8, 4) is 0 Å². The number of nitrogens with one attached hydrogen (secondary N) is 1. The van der Waals surface area contributed by atoms with Crippen molar-refractivity contribution in [1.29, 1.82) is 0 Å². The molecule has 0 spiro atoms. The molecule has 0 bridgehead atoms. The first-order chi connectivity index (χ1) is 8.22. The van der Waals surface area contributed by atoms with Crippen molar-refractivity contribution < 1.29 is 14.6 Å². The van der Waals surface area contributed by atoms with Crippen molar-refractivity contribution in [1.82, 2.24) is 9.97 Å². The van der Waals surface area contributed by atoms with E-state index in [2.05, 4.69) is 15.3 Å². The van der Waals surface area contributed by atoms with Gasteiger partial charge < -0.3 is 15.2 Å². The Hall–Kier alpha value is -1.69. The summed E-state index contributed by atoms with van der Waals surface area (Å²) in [5, 5.41) is 11.9. The molecule has 0 saturated heterocycles. The van der Waals surface area contributed by atoms with Crippen LogP contribution in [0.4, 0.5) is 5.82 Å². The Bertz CT molecular complexity index is 422. The molecule has 1 aromatic heterocycles. The van der Waals surface area contributed by atoms with Crippen LogP contribution in [-0.4, -0.2) is 40.8 Å². The Labute approximate surface area is 99.0 Å². The molecular weight excluding hydrogens is 222 g/mol. The number of carboxylic acid groups (broad SMARTS) is 1. The number of carbonyl (C=O) groups is 1. The SMILES string of the molecule is COC(CNc1ncnc2c1CCC2)C(=O)O. The monoisotopic (exact) mass is 237 g/mol. The van der Waals surface area contributed by atoms with Crippen LogP contribution >= 0.6 is 0 Å². The lowest BCUT2D eigenvalue weighted by atomic mass is 10.2. The molecule has 0 aliphatic heterocycles. The first-order valence-corrected chi connectivity index (χ1v) is 5.54. The van der Waals surface area contributed by atoms with Gasteiger partial charge in [-0.15, -0.1) is 0 Å². The molecule has 1 heterocycles. The smallest absolute Gasteiger partial charge is 0.334 e. The number of hydrogen-bond acceptors (Lipinski definition) is 5. The molecule has 1 unspecified atom stereocenters. The molecule has 0 fully saturated rings. The first-order valence-electron chi connectivity index (χ1n) is 5.54. The Kier molecular flexibility index (Phi) is 3.53. The average molecular weight is 237 g/mol. The van der Waals surface area contributed by atoms with Crippen LogP contribution in [-0.2, 0) is 22.4 Å². The molecule has 1 atom stereocenters. The molecule has 1 aromatic rings. The van der Waals surface area contributed by atoms with Gasteiger partial charge in [0, 0.05) is 18.4 Å². The molecule has 0 radical (unpaired) electrons. The standard InChI is InChI=1S/C11H15N3O3/c1-17-9(11(15)16)5-12-10-7-3-2-4-8(7)13-6-14-10/h6,9H,2-5H2,1H3,(H,15,16)(H,12,13,14). The zero-order chi connectivity index (χ0) is 12.3. The van der Waals surface area contributed by atoms with E-state index >= 15 is 0 Å². The fraction of sp³-hybridized carbons (Fsp3) is 0.545. The van der Waals surface area contributed by atoms with Crippen LogP contribution in [0.25, 0.3) is 0 Å². The third-order valence-corrected chi connectivity index (χ3v) is 2.89. The van der Waals surface area contributed by atoms with Crippen molar-refractivity contribution in [3.63, 3.8) is 0 Å². The minimum absolute atomic E-state index is 0.204. The molecule has 6 heteroatoms.